The molecule has 1 unspecified atom stereocenters. The highest BCUT2D eigenvalue weighted by molar-refractivity contribution is 5.89. The summed E-state index contributed by atoms with van der Waals surface area (Å²) in [5.41, 5.74) is 0.929. The largest absolute Gasteiger partial charge is 0.481 e. The topological polar surface area (TPSA) is 86.7 Å². The fourth-order valence-corrected chi connectivity index (χ4v) is 4.13. The lowest BCUT2D eigenvalue weighted by atomic mass is 9.89. The first-order valence-corrected chi connectivity index (χ1v) is 9.34. The highest BCUT2D eigenvalue weighted by atomic mass is 16.4. The molecule has 1 aromatic rings. The SMILES string of the molecule is CC(NC(=O)C1CCCC1)C(=O)N1C[C@H](C(=O)O)[C@H](c2ccccc2)C1. The molecule has 0 bridgehead atoms. The van der Waals surface area contributed by atoms with Gasteiger partial charge in [-0.2, -0.15) is 0 Å². The number of amides is 2. The molecule has 2 amide bonds. The Morgan fingerprint density at radius 3 is 2.38 bits per heavy atom. The van der Waals surface area contributed by atoms with Crippen LogP contribution >= 0.6 is 0 Å². The third-order valence-corrected chi connectivity index (χ3v) is 5.63. The van der Waals surface area contributed by atoms with E-state index in [1.54, 1.807) is 11.8 Å². The summed E-state index contributed by atoms with van der Waals surface area (Å²) in [6, 6.07) is 8.82. The number of carboxylic acid groups (broad SMARTS) is 1. The molecule has 2 aliphatic rings. The predicted octanol–water partition coefficient (Wildman–Crippen LogP) is 2.01. The molecular weight excluding hydrogens is 332 g/mol. The van der Waals surface area contributed by atoms with E-state index in [0.29, 0.717) is 6.54 Å². The average Bonchev–Trinajstić information content (AvgIpc) is 3.31. The molecular formula is C20H26N2O4. The second kappa shape index (κ2) is 7.89. The van der Waals surface area contributed by atoms with Crippen LogP contribution in [-0.2, 0) is 14.4 Å². The number of carboxylic acids is 1. The number of benzene rings is 1. The van der Waals surface area contributed by atoms with Gasteiger partial charge in [-0.25, -0.2) is 0 Å². The van der Waals surface area contributed by atoms with E-state index in [2.05, 4.69) is 5.32 Å². The minimum atomic E-state index is -0.892. The maximum Gasteiger partial charge on any atom is 0.308 e. The van der Waals surface area contributed by atoms with E-state index >= 15 is 0 Å². The number of nitrogens with one attached hydrogen (secondary N) is 1. The Morgan fingerprint density at radius 1 is 1.12 bits per heavy atom. The Bertz CT molecular complexity index is 670. The quantitative estimate of drug-likeness (QED) is 0.843. The lowest BCUT2D eigenvalue weighted by Crippen LogP contribution is -2.47. The highest BCUT2D eigenvalue weighted by Gasteiger charge is 2.41. The van der Waals surface area contributed by atoms with E-state index in [9.17, 15) is 19.5 Å². The van der Waals surface area contributed by atoms with Gasteiger partial charge in [0.05, 0.1) is 5.92 Å². The molecule has 6 heteroatoms. The van der Waals surface area contributed by atoms with Gasteiger partial charge in [-0.3, -0.25) is 14.4 Å². The Morgan fingerprint density at radius 2 is 1.77 bits per heavy atom. The van der Waals surface area contributed by atoms with Crippen molar-refractivity contribution in [2.45, 2.75) is 44.6 Å². The monoisotopic (exact) mass is 358 g/mol. The van der Waals surface area contributed by atoms with Crippen molar-refractivity contribution < 1.29 is 19.5 Å². The molecule has 2 fully saturated rings. The summed E-state index contributed by atoms with van der Waals surface area (Å²) in [6.07, 6.45) is 3.89. The highest BCUT2D eigenvalue weighted by Crippen LogP contribution is 2.33. The molecule has 1 aromatic carbocycles. The molecule has 1 aliphatic carbocycles. The predicted molar refractivity (Wildman–Crippen MR) is 96.5 cm³/mol. The molecule has 1 saturated carbocycles. The van der Waals surface area contributed by atoms with E-state index in [1.807, 2.05) is 30.3 Å². The van der Waals surface area contributed by atoms with Crippen LogP contribution in [0.15, 0.2) is 30.3 Å². The van der Waals surface area contributed by atoms with Crippen LogP contribution in [0.3, 0.4) is 0 Å². The number of carbonyl (C=O) groups is 3. The molecule has 26 heavy (non-hydrogen) atoms. The maximum atomic E-state index is 12.8. The first-order chi connectivity index (χ1) is 12.5. The van der Waals surface area contributed by atoms with Crippen molar-refractivity contribution in [3.63, 3.8) is 0 Å². The summed E-state index contributed by atoms with van der Waals surface area (Å²) in [5, 5.41) is 12.4. The van der Waals surface area contributed by atoms with Crippen molar-refractivity contribution in [2.24, 2.45) is 11.8 Å². The van der Waals surface area contributed by atoms with Gasteiger partial charge in [-0.15, -0.1) is 0 Å². The van der Waals surface area contributed by atoms with E-state index in [0.717, 1.165) is 31.2 Å². The number of hydrogen-bond donors (Lipinski definition) is 2. The van der Waals surface area contributed by atoms with E-state index in [-0.39, 0.29) is 30.2 Å². The van der Waals surface area contributed by atoms with Gasteiger partial charge in [0.2, 0.25) is 11.8 Å². The zero-order valence-corrected chi connectivity index (χ0v) is 15.1. The second-order valence-electron chi connectivity index (χ2n) is 7.42. The Hall–Kier alpha value is -2.37. The van der Waals surface area contributed by atoms with Gasteiger partial charge < -0.3 is 15.3 Å². The van der Waals surface area contributed by atoms with Crippen LogP contribution in [0.4, 0.5) is 0 Å². The summed E-state index contributed by atoms with van der Waals surface area (Å²) >= 11 is 0. The van der Waals surface area contributed by atoms with Crippen molar-refractivity contribution in [3.8, 4) is 0 Å². The van der Waals surface area contributed by atoms with Gasteiger partial charge in [-0.05, 0) is 25.3 Å². The van der Waals surface area contributed by atoms with Gasteiger partial charge in [0, 0.05) is 24.9 Å². The van der Waals surface area contributed by atoms with Crippen LogP contribution in [-0.4, -0.2) is 46.9 Å². The third-order valence-electron chi connectivity index (χ3n) is 5.63. The van der Waals surface area contributed by atoms with Gasteiger partial charge in [0.15, 0.2) is 0 Å². The molecule has 1 aliphatic heterocycles. The molecule has 3 rings (SSSR count). The summed E-state index contributed by atoms with van der Waals surface area (Å²) in [7, 11) is 0. The maximum absolute atomic E-state index is 12.8. The zero-order valence-electron chi connectivity index (χ0n) is 15.1. The van der Waals surface area contributed by atoms with E-state index < -0.39 is 17.9 Å². The number of rotatable bonds is 5. The number of carbonyl (C=O) groups excluding carboxylic acids is 2. The molecule has 0 aromatic heterocycles. The van der Waals surface area contributed by atoms with Crippen LogP contribution in [0.5, 0.6) is 0 Å². The smallest absolute Gasteiger partial charge is 0.308 e. The Labute approximate surface area is 153 Å². The molecule has 1 saturated heterocycles. The number of hydrogen-bond acceptors (Lipinski definition) is 3. The van der Waals surface area contributed by atoms with Crippen LogP contribution in [0.1, 0.15) is 44.1 Å². The Kier molecular flexibility index (Phi) is 5.59. The fraction of sp³-hybridized carbons (Fsp3) is 0.550. The van der Waals surface area contributed by atoms with Crippen LogP contribution in [0.25, 0.3) is 0 Å². The molecule has 1 heterocycles. The first-order valence-electron chi connectivity index (χ1n) is 9.34. The minimum Gasteiger partial charge on any atom is -0.481 e. The summed E-state index contributed by atoms with van der Waals surface area (Å²) < 4.78 is 0. The van der Waals surface area contributed by atoms with Gasteiger partial charge >= 0.3 is 5.97 Å². The summed E-state index contributed by atoms with van der Waals surface area (Å²) in [6.45, 7) is 2.22. The molecule has 6 nitrogen and oxygen atoms in total. The van der Waals surface area contributed by atoms with Crippen LogP contribution < -0.4 is 5.32 Å². The number of likely N-dealkylation sites (tertiary alicyclic amines) is 1. The molecule has 140 valence electrons. The second-order valence-corrected chi connectivity index (χ2v) is 7.42. The van der Waals surface area contributed by atoms with Crippen LogP contribution in [0.2, 0.25) is 0 Å². The Balaban J connectivity index is 1.65. The fourth-order valence-electron chi connectivity index (χ4n) is 4.13. The van der Waals surface area contributed by atoms with Crippen LogP contribution in [0, 0.1) is 11.8 Å². The average molecular weight is 358 g/mol. The first kappa shape index (κ1) is 18.4. The lowest BCUT2D eigenvalue weighted by molar-refractivity contribution is -0.142. The van der Waals surface area contributed by atoms with Gasteiger partial charge in [0.1, 0.15) is 6.04 Å². The molecule has 0 radical (unpaired) electrons. The van der Waals surface area contributed by atoms with Crippen molar-refractivity contribution in [3.05, 3.63) is 35.9 Å². The van der Waals surface area contributed by atoms with Gasteiger partial charge in [0.25, 0.3) is 0 Å². The van der Waals surface area contributed by atoms with Crippen molar-refractivity contribution in [2.75, 3.05) is 13.1 Å². The van der Waals surface area contributed by atoms with Gasteiger partial charge in [-0.1, -0.05) is 43.2 Å². The van der Waals surface area contributed by atoms with Crippen molar-refractivity contribution in [1.29, 1.82) is 0 Å². The summed E-state index contributed by atoms with van der Waals surface area (Å²) in [4.78, 5) is 38.3. The standard InChI is InChI=1S/C20H26N2O4/c1-13(21-18(23)15-9-5-6-10-15)19(24)22-11-16(17(12-22)20(25)26)14-7-3-2-4-8-14/h2-4,7-8,13,15-17H,5-6,9-12H2,1H3,(H,21,23)(H,25,26)/t13?,16-,17-/m0/s1. The number of aliphatic carboxylic acids is 1. The molecule has 2 N–H and O–H groups in total. The van der Waals surface area contributed by atoms with Crippen molar-refractivity contribution >= 4 is 17.8 Å². The lowest BCUT2D eigenvalue weighted by Gasteiger charge is -2.23. The van der Waals surface area contributed by atoms with E-state index in [4.69, 9.17) is 0 Å². The van der Waals surface area contributed by atoms with E-state index in [1.165, 1.54) is 0 Å². The molecule has 3 atom stereocenters. The number of nitrogens with zero attached hydrogens (tertiary/aromatic N) is 1. The summed E-state index contributed by atoms with van der Waals surface area (Å²) in [5.74, 6) is -2.00. The zero-order chi connectivity index (χ0) is 18.7. The van der Waals surface area contributed by atoms with Crippen molar-refractivity contribution in [1.82, 2.24) is 10.2 Å². The normalized spacial score (nSPS) is 24.4. The minimum absolute atomic E-state index is 0.00710. The molecule has 0 spiro atoms. The third kappa shape index (κ3) is 3.89.